The number of carboxylic acids is 1. The summed E-state index contributed by atoms with van der Waals surface area (Å²) in [5.41, 5.74) is 0.705. The molecule has 3 nitrogen and oxygen atoms in total. The van der Waals surface area contributed by atoms with Gasteiger partial charge in [-0.1, -0.05) is 17.7 Å². The number of benzene rings is 2. The van der Waals surface area contributed by atoms with Gasteiger partial charge in [-0.3, -0.25) is 0 Å². The van der Waals surface area contributed by atoms with Gasteiger partial charge in [0.15, 0.2) is 0 Å². The van der Waals surface area contributed by atoms with Crippen LogP contribution in [0.5, 0.6) is 5.75 Å². The fourth-order valence-corrected chi connectivity index (χ4v) is 2.09. The van der Waals surface area contributed by atoms with Gasteiger partial charge in [0.25, 0.3) is 0 Å². The van der Waals surface area contributed by atoms with Crippen molar-refractivity contribution in [1.82, 2.24) is 0 Å². The van der Waals surface area contributed by atoms with E-state index in [0.717, 1.165) is 0 Å². The van der Waals surface area contributed by atoms with E-state index in [1.165, 1.54) is 18.2 Å². The summed E-state index contributed by atoms with van der Waals surface area (Å²) in [7, 11) is 0. The number of carbonyl (C=O) groups is 1. The van der Waals surface area contributed by atoms with Crippen LogP contribution in [0.1, 0.15) is 15.9 Å². The van der Waals surface area contributed by atoms with E-state index < -0.39 is 11.8 Å². The second-order valence-corrected chi connectivity index (χ2v) is 5.25. The van der Waals surface area contributed by atoms with Gasteiger partial charge in [-0.25, -0.2) is 9.18 Å². The third-order valence-corrected chi connectivity index (χ3v) is 3.56. The standard InChI is InChI=1S/C14H9BrClFO3/c15-11-3-2-9(6-10(11)14(18)19)20-7-8-1-4-12(16)13(17)5-8/h1-6H,7H2,(H,18,19). The van der Waals surface area contributed by atoms with Crippen LogP contribution in [-0.4, -0.2) is 11.1 Å². The van der Waals surface area contributed by atoms with Crippen LogP contribution in [0.3, 0.4) is 0 Å². The highest BCUT2D eigenvalue weighted by atomic mass is 79.9. The van der Waals surface area contributed by atoms with E-state index >= 15 is 0 Å². The lowest BCUT2D eigenvalue weighted by Crippen LogP contribution is -2.00. The molecule has 0 aliphatic carbocycles. The first-order chi connectivity index (χ1) is 9.47. The van der Waals surface area contributed by atoms with Crippen molar-refractivity contribution in [2.75, 3.05) is 0 Å². The van der Waals surface area contributed by atoms with E-state index in [2.05, 4.69) is 15.9 Å². The molecule has 20 heavy (non-hydrogen) atoms. The molecule has 0 heterocycles. The van der Waals surface area contributed by atoms with Crippen LogP contribution < -0.4 is 4.74 Å². The Morgan fingerprint density at radius 1 is 1.30 bits per heavy atom. The van der Waals surface area contributed by atoms with Crippen LogP contribution in [0.15, 0.2) is 40.9 Å². The van der Waals surface area contributed by atoms with Gasteiger partial charge < -0.3 is 9.84 Å². The van der Waals surface area contributed by atoms with Crippen LogP contribution in [-0.2, 0) is 6.61 Å². The van der Waals surface area contributed by atoms with Crippen LogP contribution >= 0.6 is 27.5 Å². The Hall–Kier alpha value is -1.59. The monoisotopic (exact) mass is 358 g/mol. The van der Waals surface area contributed by atoms with E-state index in [0.29, 0.717) is 15.8 Å². The maximum atomic E-state index is 13.3. The molecule has 2 rings (SSSR count). The second kappa shape index (κ2) is 6.24. The molecule has 0 fully saturated rings. The highest BCUT2D eigenvalue weighted by molar-refractivity contribution is 9.10. The van der Waals surface area contributed by atoms with Gasteiger partial charge in [0, 0.05) is 4.47 Å². The van der Waals surface area contributed by atoms with Crippen molar-refractivity contribution in [1.29, 1.82) is 0 Å². The number of hydrogen-bond acceptors (Lipinski definition) is 2. The number of ether oxygens (including phenoxy) is 1. The second-order valence-electron chi connectivity index (χ2n) is 3.98. The minimum Gasteiger partial charge on any atom is -0.489 e. The largest absolute Gasteiger partial charge is 0.489 e. The van der Waals surface area contributed by atoms with Gasteiger partial charge in [0.1, 0.15) is 18.2 Å². The van der Waals surface area contributed by atoms with E-state index in [1.807, 2.05) is 0 Å². The first kappa shape index (κ1) is 14.8. The zero-order valence-corrected chi connectivity index (χ0v) is 12.4. The molecule has 1 N–H and O–H groups in total. The summed E-state index contributed by atoms with van der Waals surface area (Å²) in [6.45, 7) is 0.120. The normalized spacial score (nSPS) is 10.3. The number of carboxylic acid groups (broad SMARTS) is 1. The van der Waals surface area contributed by atoms with Crippen molar-refractivity contribution >= 4 is 33.5 Å². The summed E-state index contributed by atoms with van der Waals surface area (Å²) < 4.78 is 19.2. The molecule has 0 aliphatic rings. The van der Waals surface area contributed by atoms with Crippen LogP contribution in [0.2, 0.25) is 5.02 Å². The molecule has 0 bridgehead atoms. The predicted molar refractivity (Wildman–Crippen MR) is 76.8 cm³/mol. The molecule has 6 heteroatoms. The van der Waals surface area contributed by atoms with Crippen molar-refractivity contribution in [2.24, 2.45) is 0 Å². The molecular weight excluding hydrogens is 351 g/mol. The predicted octanol–water partition coefficient (Wildman–Crippen LogP) is 4.52. The topological polar surface area (TPSA) is 46.5 Å². The van der Waals surface area contributed by atoms with Crippen LogP contribution in [0, 0.1) is 5.82 Å². The fourth-order valence-electron chi connectivity index (χ4n) is 1.55. The molecule has 0 unspecified atom stereocenters. The minimum absolute atomic E-state index is 0.0468. The van der Waals surface area contributed by atoms with Gasteiger partial charge in [0.2, 0.25) is 0 Å². The zero-order chi connectivity index (χ0) is 14.7. The van der Waals surface area contributed by atoms with Gasteiger partial charge in [0.05, 0.1) is 10.6 Å². The molecule has 2 aromatic rings. The zero-order valence-electron chi connectivity index (χ0n) is 10.1. The molecule has 0 aromatic heterocycles. The Morgan fingerprint density at radius 3 is 2.70 bits per heavy atom. The summed E-state index contributed by atoms with van der Waals surface area (Å²) in [5.74, 6) is -1.18. The highest BCUT2D eigenvalue weighted by Gasteiger charge is 2.10. The molecule has 104 valence electrons. The maximum absolute atomic E-state index is 13.3. The van der Waals surface area contributed by atoms with Crippen LogP contribution in [0.4, 0.5) is 4.39 Å². The van der Waals surface area contributed by atoms with E-state index in [9.17, 15) is 9.18 Å². The summed E-state index contributed by atoms with van der Waals surface area (Å²) in [4.78, 5) is 11.0. The lowest BCUT2D eigenvalue weighted by molar-refractivity contribution is 0.0695. The van der Waals surface area contributed by atoms with Gasteiger partial charge in [-0.15, -0.1) is 0 Å². The maximum Gasteiger partial charge on any atom is 0.336 e. The van der Waals surface area contributed by atoms with Crippen molar-refractivity contribution in [3.8, 4) is 5.75 Å². The first-order valence-electron chi connectivity index (χ1n) is 5.57. The van der Waals surface area contributed by atoms with Gasteiger partial charge in [-0.05, 0) is 51.8 Å². The van der Waals surface area contributed by atoms with Crippen molar-refractivity contribution in [3.05, 3.63) is 62.8 Å². The minimum atomic E-state index is -1.06. The number of hydrogen-bond donors (Lipinski definition) is 1. The molecule has 0 saturated carbocycles. The Balaban J connectivity index is 2.12. The molecule has 2 aromatic carbocycles. The van der Waals surface area contributed by atoms with Crippen molar-refractivity contribution in [2.45, 2.75) is 6.61 Å². The molecular formula is C14H9BrClFO3. The third kappa shape index (κ3) is 3.49. The summed E-state index contributed by atoms with van der Waals surface area (Å²) in [6.07, 6.45) is 0. The average Bonchev–Trinajstić information content (AvgIpc) is 2.41. The van der Waals surface area contributed by atoms with Crippen LogP contribution in [0.25, 0.3) is 0 Å². The van der Waals surface area contributed by atoms with Crippen molar-refractivity contribution in [3.63, 3.8) is 0 Å². The Kier molecular flexibility index (Phi) is 4.62. The summed E-state index contributed by atoms with van der Waals surface area (Å²) >= 11 is 8.73. The number of aromatic carboxylic acids is 1. The van der Waals surface area contributed by atoms with Gasteiger partial charge in [-0.2, -0.15) is 0 Å². The molecule has 0 spiro atoms. The highest BCUT2D eigenvalue weighted by Crippen LogP contribution is 2.24. The third-order valence-electron chi connectivity index (χ3n) is 2.56. The Morgan fingerprint density at radius 2 is 2.05 bits per heavy atom. The lowest BCUT2D eigenvalue weighted by atomic mass is 10.2. The Labute approximate surface area is 128 Å². The van der Waals surface area contributed by atoms with E-state index in [-0.39, 0.29) is 17.2 Å². The fraction of sp³-hybridized carbons (Fsp3) is 0.0714. The van der Waals surface area contributed by atoms with E-state index in [4.69, 9.17) is 21.4 Å². The van der Waals surface area contributed by atoms with E-state index in [1.54, 1.807) is 18.2 Å². The lowest BCUT2D eigenvalue weighted by Gasteiger charge is -2.08. The molecule has 0 radical (unpaired) electrons. The number of rotatable bonds is 4. The molecule has 0 amide bonds. The van der Waals surface area contributed by atoms with Gasteiger partial charge >= 0.3 is 5.97 Å². The SMILES string of the molecule is O=C(O)c1cc(OCc2ccc(Cl)c(F)c2)ccc1Br. The number of halogens is 3. The molecule has 0 aliphatic heterocycles. The smallest absolute Gasteiger partial charge is 0.336 e. The van der Waals surface area contributed by atoms with Crippen molar-refractivity contribution < 1.29 is 19.0 Å². The quantitative estimate of drug-likeness (QED) is 0.873. The average molecular weight is 360 g/mol. The Bertz CT molecular complexity index is 661. The molecule has 0 saturated heterocycles. The first-order valence-corrected chi connectivity index (χ1v) is 6.74. The summed E-state index contributed by atoms with van der Waals surface area (Å²) in [6, 6.07) is 8.98. The summed E-state index contributed by atoms with van der Waals surface area (Å²) in [5, 5.41) is 9.04. The molecule has 0 atom stereocenters.